The highest BCUT2D eigenvalue weighted by Crippen LogP contribution is 2.22. The van der Waals surface area contributed by atoms with E-state index in [1.165, 1.54) is 25.0 Å². The molecule has 0 aromatic carbocycles. The molecular weight excluding hydrogens is 278 g/mol. The van der Waals surface area contributed by atoms with Gasteiger partial charge in [0.2, 0.25) is 0 Å². The van der Waals surface area contributed by atoms with Gasteiger partial charge in [0.05, 0.1) is 15.9 Å². The maximum absolute atomic E-state index is 6.19. The van der Waals surface area contributed by atoms with Crippen molar-refractivity contribution in [1.29, 1.82) is 0 Å². The van der Waals surface area contributed by atoms with E-state index in [4.69, 9.17) is 5.73 Å². The summed E-state index contributed by atoms with van der Waals surface area (Å²) in [5.74, 6) is 0. The zero-order chi connectivity index (χ0) is 12.8. The summed E-state index contributed by atoms with van der Waals surface area (Å²) in [5, 5.41) is 4.49. The fourth-order valence-corrected chi connectivity index (χ4v) is 2.52. The molecule has 0 aliphatic carbocycles. The molecule has 4 heteroatoms. The van der Waals surface area contributed by atoms with E-state index < -0.39 is 0 Å². The zero-order valence-electron chi connectivity index (χ0n) is 11.2. The first-order valence-electron chi connectivity index (χ1n) is 6.57. The van der Waals surface area contributed by atoms with Crippen LogP contribution in [0, 0.1) is 6.92 Å². The molecule has 1 unspecified atom stereocenters. The van der Waals surface area contributed by atoms with Crippen LogP contribution in [0.2, 0.25) is 0 Å². The van der Waals surface area contributed by atoms with Crippen LogP contribution in [-0.4, -0.2) is 15.8 Å². The predicted molar refractivity (Wildman–Crippen MR) is 76.2 cm³/mol. The van der Waals surface area contributed by atoms with Gasteiger partial charge >= 0.3 is 0 Å². The van der Waals surface area contributed by atoms with Gasteiger partial charge in [0, 0.05) is 19.0 Å². The van der Waals surface area contributed by atoms with Crippen molar-refractivity contribution in [3.8, 4) is 0 Å². The van der Waals surface area contributed by atoms with Crippen molar-refractivity contribution >= 4 is 15.9 Å². The SMILES string of the molecule is CCCCCC(N)Cc1c(Br)c(C)nn1CC. The van der Waals surface area contributed by atoms with Gasteiger partial charge in [-0.05, 0) is 36.2 Å². The van der Waals surface area contributed by atoms with Crippen LogP contribution in [0.15, 0.2) is 4.47 Å². The fourth-order valence-electron chi connectivity index (χ4n) is 2.07. The highest BCUT2D eigenvalue weighted by Gasteiger charge is 2.14. The summed E-state index contributed by atoms with van der Waals surface area (Å²) < 4.78 is 3.18. The summed E-state index contributed by atoms with van der Waals surface area (Å²) in [6, 6.07) is 0.249. The molecular formula is C13H24BrN3. The van der Waals surface area contributed by atoms with Crippen molar-refractivity contribution in [2.45, 2.75) is 65.5 Å². The first-order valence-corrected chi connectivity index (χ1v) is 7.36. The Morgan fingerprint density at radius 1 is 1.35 bits per heavy atom. The van der Waals surface area contributed by atoms with Crippen LogP contribution in [0.5, 0.6) is 0 Å². The number of aromatic nitrogens is 2. The van der Waals surface area contributed by atoms with Crippen molar-refractivity contribution in [3.05, 3.63) is 15.9 Å². The van der Waals surface area contributed by atoms with Crippen molar-refractivity contribution in [1.82, 2.24) is 9.78 Å². The van der Waals surface area contributed by atoms with Crippen molar-refractivity contribution in [3.63, 3.8) is 0 Å². The van der Waals surface area contributed by atoms with Crippen molar-refractivity contribution in [2.24, 2.45) is 5.73 Å². The number of aryl methyl sites for hydroxylation is 2. The van der Waals surface area contributed by atoms with Gasteiger partial charge in [0.25, 0.3) is 0 Å². The summed E-state index contributed by atoms with van der Waals surface area (Å²) in [5.41, 5.74) is 8.49. The summed E-state index contributed by atoms with van der Waals surface area (Å²) >= 11 is 3.61. The highest BCUT2D eigenvalue weighted by molar-refractivity contribution is 9.10. The maximum atomic E-state index is 6.19. The average Bonchev–Trinajstić information content (AvgIpc) is 2.57. The zero-order valence-corrected chi connectivity index (χ0v) is 12.8. The van der Waals surface area contributed by atoms with Crippen LogP contribution < -0.4 is 5.73 Å². The molecule has 98 valence electrons. The fraction of sp³-hybridized carbons (Fsp3) is 0.769. The van der Waals surface area contributed by atoms with Crippen LogP contribution in [-0.2, 0) is 13.0 Å². The Labute approximate surface area is 113 Å². The lowest BCUT2D eigenvalue weighted by Crippen LogP contribution is -2.24. The molecule has 2 N–H and O–H groups in total. The van der Waals surface area contributed by atoms with Crippen molar-refractivity contribution in [2.75, 3.05) is 0 Å². The number of halogens is 1. The molecule has 0 aliphatic heterocycles. The van der Waals surface area contributed by atoms with E-state index >= 15 is 0 Å². The third kappa shape index (κ3) is 4.11. The third-order valence-electron chi connectivity index (χ3n) is 3.09. The van der Waals surface area contributed by atoms with Gasteiger partial charge in [-0.3, -0.25) is 4.68 Å². The molecule has 1 atom stereocenters. The number of rotatable bonds is 7. The molecule has 0 saturated carbocycles. The summed E-state index contributed by atoms with van der Waals surface area (Å²) in [7, 11) is 0. The summed E-state index contributed by atoms with van der Waals surface area (Å²) in [6.07, 6.45) is 5.78. The Morgan fingerprint density at radius 3 is 2.65 bits per heavy atom. The minimum absolute atomic E-state index is 0.249. The predicted octanol–water partition coefficient (Wildman–Crippen LogP) is 3.42. The van der Waals surface area contributed by atoms with E-state index in [0.29, 0.717) is 0 Å². The van der Waals surface area contributed by atoms with Gasteiger partial charge < -0.3 is 5.73 Å². The maximum Gasteiger partial charge on any atom is 0.0738 e. The minimum Gasteiger partial charge on any atom is -0.327 e. The lowest BCUT2D eigenvalue weighted by atomic mass is 10.0. The second-order valence-electron chi connectivity index (χ2n) is 4.62. The smallest absolute Gasteiger partial charge is 0.0738 e. The summed E-state index contributed by atoms with van der Waals surface area (Å²) in [6.45, 7) is 7.27. The standard InChI is InChI=1S/C13H24BrN3/c1-4-6-7-8-11(15)9-12-13(14)10(3)16-17(12)5-2/h11H,4-9,15H2,1-3H3. The molecule has 3 nitrogen and oxygen atoms in total. The van der Waals surface area contributed by atoms with Crippen LogP contribution >= 0.6 is 15.9 Å². The van der Waals surface area contributed by atoms with Gasteiger partial charge in [-0.2, -0.15) is 5.10 Å². The molecule has 17 heavy (non-hydrogen) atoms. The third-order valence-corrected chi connectivity index (χ3v) is 4.12. The number of nitrogens with zero attached hydrogens (tertiary/aromatic N) is 2. The van der Waals surface area contributed by atoms with Crippen LogP contribution in [0.3, 0.4) is 0 Å². The van der Waals surface area contributed by atoms with E-state index in [-0.39, 0.29) is 6.04 Å². The highest BCUT2D eigenvalue weighted by atomic mass is 79.9. The second-order valence-corrected chi connectivity index (χ2v) is 5.41. The van der Waals surface area contributed by atoms with Crippen molar-refractivity contribution < 1.29 is 0 Å². The second kappa shape index (κ2) is 7.17. The average molecular weight is 302 g/mol. The topological polar surface area (TPSA) is 43.8 Å². The first kappa shape index (κ1) is 14.7. The molecule has 0 amide bonds. The Kier molecular flexibility index (Phi) is 6.20. The van der Waals surface area contributed by atoms with E-state index in [0.717, 1.165) is 29.6 Å². The Bertz CT molecular complexity index is 347. The van der Waals surface area contributed by atoms with E-state index in [9.17, 15) is 0 Å². The number of hydrogen-bond donors (Lipinski definition) is 1. The van der Waals surface area contributed by atoms with E-state index in [2.05, 4.69) is 39.6 Å². The molecule has 0 bridgehead atoms. The molecule has 1 rings (SSSR count). The quantitative estimate of drug-likeness (QED) is 0.784. The van der Waals surface area contributed by atoms with Gasteiger partial charge in [-0.1, -0.05) is 26.2 Å². The van der Waals surface area contributed by atoms with Gasteiger partial charge in [0.1, 0.15) is 0 Å². The Balaban J connectivity index is 2.60. The molecule has 0 saturated heterocycles. The first-order chi connectivity index (χ1) is 8.10. The monoisotopic (exact) mass is 301 g/mol. The van der Waals surface area contributed by atoms with Crippen LogP contribution in [0.1, 0.15) is 50.9 Å². The van der Waals surface area contributed by atoms with Gasteiger partial charge in [-0.25, -0.2) is 0 Å². The van der Waals surface area contributed by atoms with Crippen LogP contribution in [0.25, 0.3) is 0 Å². The number of nitrogens with two attached hydrogens (primary N) is 1. The Hall–Kier alpha value is -0.350. The number of hydrogen-bond acceptors (Lipinski definition) is 2. The molecule has 1 aromatic heterocycles. The van der Waals surface area contributed by atoms with Gasteiger partial charge in [0.15, 0.2) is 0 Å². The minimum atomic E-state index is 0.249. The largest absolute Gasteiger partial charge is 0.327 e. The normalized spacial score (nSPS) is 13.0. The van der Waals surface area contributed by atoms with Gasteiger partial charge in [-0.15, -0.1) is 0 Å². The molecule has 0 spiro atoms. The van der Waals surface area contributed by atoms with E-state index in [1.54, 1.807) is 0 Å². The molecule has 1 heterocycles. The molecule has 0 fully saturated rings. The lowest BCUT2D eigenvalue weighted by Gasteiger charge is -2.12. The molecule has 0 radical (unpaired) electrons. The molecule has 1 aromatic rings. The Morgan fingerprint density at radius 2 is 2.06 bits per heavy atom. The lowest BCUT2D eigenvalue weighted by molar-refractivity contribution is 0.526. The van der Waals surface area contributed by atoms with E-state index in [1.807, 2.05) is 6.92 Å². The molecule has 0 aliphatic rings. The van der Waals surface area contributed by atoms with Crippen LogP contribution in [0.4, 0.5) is 0 Å². The summed E-state index contributed by atoms with van der Waals surface area (Å²) in [4.78, 5) is 0. The number of unbranched alkanes of at least 4 members (excludes halogenated alkanes) is 2.